The second kappa shape index (κ2) is 9.59. The Morgan fingerprint density at radius 3 is 1.35 bits per heavy atom. The van der Waals surface area contributed by atoms with Crippen molar-refractivity contribution in [1.29, 1.82) is 0 Å². The number of hydrogen-bond donors (Lipinski definition) is 0. The van der Waals surface area contributed by atoms with E-state index < -0.39 is 8.56 Å². The fourth-order valence-electron chi connectivity index (χ4n) is 2.39. The van der Waals surface area contributed by atoms with E-state index in [0.717, 1.165) is 10.4 Å². The second-order valence-corrected chi connectivity index (χ2v) is 8.00. The van der Waals surface area contributed by atoms with Crippen molar-refractivity contribution in [2.45, 2.75) is 0 Å². The van der Waals surface area contributed by atoms with Crippen LogP contribution < -0.4 is 10.4 Å². The molecule has 0 N–H and O–H groups in total. The van der Waals surface area contributed by atoms with Gasteiger partial charge in [0.1, 0.15) is 0 Å². The summed E-state index contributed by atoms with van der Waals surface area (Å²) in [6, 6.07) is 20.3. The third-order valence-corrected chi connectivity index (χ3v) is 6.90. The Kier molecular flexibility index (Phi) is 7.44. The average Bonchev–Trinajstić information content (AvgIpc) is 2.62. The summed E-state index contributed by atoms with van der Waals surface area (Å²) in [6.07, 6.45) is 0. The summed E-state index contributed by atoms with van der Waals surface area (Å²) in [6.45, 7) is 2.03. The van der Waals surface area contributed by atoms with Gasteiger partial charge in [0.2, 0.25) is 0 Å². The third-order valence-electron chi connectivity index (χ3n) is 3.49. The Bertz CT molecular complexity index is 496. The van der Waals surface area contributed by atoms with Crippen LogP contribution in [-0.2, 0) is 18.3 Å². The lowest BCUT2D eigenvalue weighted by Crippen LogP contribution is -2.64. The van der Waals surface area contributed by atoms with Crippen molar-refractivity contribution in [3.63, 3.8) is 0 Å². The molecule has 0 aromatic heterocycles. The number of hydrogen-bond acceptors (Lipinski definition) is 4. The van der Waals surface area contributed by atoms with Crippen LogP contribution >= 0.6 is 0 Å². The molecule has 0 aliphatic heterocycles. The van der Waals surface area contributed by atoms with Crippen molar-refractivity contribution >= 4 is 18.9 Å². The highest BCUT2D eigenvalue weighted by molar-refractivity contribution is 6.92. The highest BCUT2D eigenvalue weighted by Crippen LogP contribution is 2.10. The van der Waals surface area contributed by atoms with Gasteiger partial charge in [0.15, 0.2) is 0 Å². The Balaban J connectivity index is 2.39. The first kappa shape index (κ1) is 17.8. The lowest BCUT2D eigenvalue weighted by atomic mass is 10.4. The normalized spacial score (nSPS) is 11.6. The number of methoxy groups -OCH3 is 2. The minimum absolute atomic E-state index is 0.486. The molecule has 0 bridgehead atoms. The molecule has 0 amide bonds. The molecule has 0 aliphatic rings. The van der Waals surface area contributed by atoms with Crippen molar-refractivity contribution < 1.29 is 18.3 Å². The SMILES string of the molecule is COCCO[Si](OCCOC)(c1ccccc1)c1ccccc1. The van der Waals surface area contributed by atoms with E-state index in [4.69, 9.17) is 18.3 Å². The molecule has 0 unspecified atom stereocenters. The zero-order valence-corrected chi connectivity index (χ0v) is 14.7. The Hall–Kier alpha value is -1.50. The van der Waals surface area contributed by atoms with E-state index in [9.17, 15) is 0 Å². The zero-order chi connectivity index (χ0) is 16.4. The molecule has 2 rings (SSSR count). The van der Waals surface area contributed by atoms with Gasteiger partial charge in [0.05, 0.1) is 26.4 Å². The average molecular weight is 332 g/mol. The molecule has 0 radical (unpaired) electrons. The monoisotopic (exact) mass is 332 g/mol. The first-order valence-corrected chi connectivity index (χ1v) is 9.52. The summed E-state index contributed by atoms with van der Waals surface area (Å²) in [5.41, 5.74) is 0. The predicted octanol–water partition coefficient (Wildman–Crippen LogP) is 1.57. The Morgan fingerprint density at radius 2 is 1.00 bits per heavy atom. The van der Waals surface area contributed by atoms with Gasteiger partial charge in [-0.3, -0.25) is 0 Å². The third kappa shape index (κ3) is 4.73. The molecule has 4 nitrogen and oxygen atoms in total. The van der Waals surface area contributed by atoms with E-state index in [1.54, 1.807) is 14.2 Å². The van der Waals surface area contributed by atoms with Crippen LogP contribution in [0.5, 0.6) is 0 Å². The summed E-state index contributed by atoms with van der Waals surface area (Å²) in [5.74, 6) is 0. The lowest BCUT2D eigenvalue weighted by molar-refractivity contribution is 0.0970. The summed E-state index contributed by atoms with van der Waals surface area (Å²) in [4.78, 5) is 0. The molecule has 0 atom stereocenters. The standard InChI is InChI=1S/C18H24O4Si/c1-19-13-15-21-23(22-16-14-20-2,17-9-5-3-6-10-17)18-11-7-4-8-12-18/h3-12H,13-16H2,1-2H3. The van der Waals surface area contributed by atoms with Crippen LogP contribution in [0.2, 0.25) is 0 Å². The Labute approximate surface area is 139 Å². The van der Waals surface area contributed by atoms with E-state index >= 15 is 0 Å². The van der Waals surface area contributed by atoms with Crippen LogP contribution in [0.15, 0.2) is 60.7 Å². The molecule has 23 heavy (non-hydrogen) atoms. The summed E-state index contributed by atoms with van der Waals surface area (Å²) in [7, 11) is 0.558. The van der Waals surface area contributed by atoms with Gasteiger partial charge < -0.3 is 18.3 Å². The molecule has 5 heteroatoms. The molecule has 2 aromatic rings. The molecule has 0 fully saturated rings. The van der Waals surface area contributed by atoms with Crippen LogP contribution in [0.1, 0.15) is 0 Å². The van der Waals surface area contributed by atoms with Crippen molar-refractivity contribution in [2.24, 2.45) is 0 Å². The fourth-order valence-corrected chi connectivity index (χ4v) is 5.48. The van der Waals surface area contributed by atoms with E-state index in [1.807, 2.05) is 36.4 Å². The largest absolute Gasteiger partial charge is 0.407 e. The second-order valence-electron chi connectivity index (χ2n) is 5.03. The molecule has 0 heterocycles. The van der Waals surface area contributed by atoms with Gasteiger partial charge in [-0.25, -0.2) is 0 Å². The summed E-state index contributed by atoms with van der Waals surface area (Å²) in [5, 5.41) is 2.16. The van der Waals surface area contributed by atoms with E-state index in [2.05, 4.69) is 24.3 Å². The van der Waals surface area contributed by atoms with Crippen LogP contribution in [0, 0.1) is 0 Å². The minimum Gasteiger partial charge on any atom is -0.385 e. The molecule has 0 saturated carbocycles. The van der Waals surface area contributed by atoms with E-state index in [1.165, 1.54) is 0 Å². The Morgan fingerprint density at radius 1 is 0.609 bits per heavy atom. The van der Waals surface area contributed by atoms with Crippen molar-refractivity contribution in [2.75, 3.05) is 40.6 Å². The smallest absolute Gasteiger partial charge is 0.385 e. The highest BCUT2D eigenvalue weighted by atomic mass is 28.4. The lowest BCUT2D eigenvalue weighted by Gasteiger charge is -2.31. The van der Waals surface area contributed by atoms with Crippen LogP contribution in [0.25, 0.3) is 0 Å². The molecule has 2 aromatic carbocycles. The van der Waals surface area contributed by atoms with Crippen LogP contribution in [-0.4, -0.2) is 49.2 Å². The molecule has 124 valence electrons. The van der Waals surface area contributed by atoms with Gasteiger partial charge in [-0.1, -0.05) is 60.7 Å². The quantitative estimate of drug-likeness (QED) is 0.489. The zero-order valence-electron chi connectivity index (χ0n) is 13.7. The predicted molar refractivity (Wildman–Crippen MR) is 93.6 cm³/mol. The van der Waals surface area contributed by atoms with Crippen molar-refractivity contribution in [3.05, 3.63) is 60.7 Å². The summed E-state index contributed by atoms with van der Waals surface area (Å²) < 4.78 is 23.0. The molecular formula is C18H24O4Si. The summed E-state index contributed by atoms with van der Waals surface area (Å²) >= 11 is 0. The van der Waals surface area contributed by atoms with E-state index in [-0.39, 0.29) is 0 Å². The maximum absolute atomic E-state index is 6.32. The van der Waals surface area contributed by atoms with Gasteiger partial charge in [-0.05, 0) is 10.4 Å². The van der Waals surface area contributed by atoms with E-state index in [0.29, 0.717) is 26.4 Å². The molecular weight excluding hydrogens is 308 g/mol. The maximum Gasteiger partial charge on any atom is 0.407 e. The van der Waals surface area contributed by atoms with Gasteiger partial charge in [-0.2, -0.15) is 0 Å². The number of rotatable bonds is 10. The van der Waals surface area contributed by atoms with Crippen molar-refractivity contribution in [1.82, 2.24) is 0 Å². The maximum atomic E-state index is 6.32. The minimum atomic E-state index is -2.78. The first-order chi connectivity index (χ1) is 11.3. The van der Waals surface area contributed by atoms with Gasteiger partial charge in [-0.15, -0.1) is 0 Å². The molecule has 0 saturated heterocycles. The number of benzene rings is 2. The van der Waals surface area contributed by atoms with Crippen molar-refractivity contribution in [3.8, 4) is 0 Å². The number of ether oxygens (including phenoxy) is 2. The molecule has 0 spiro atoms. The first-order valence-electron chi connectivity index (χ1n) is 7.70. The molecule has 0 aliphatic carbocycles. The van der Waals surface area contributed by atoms with Gasteiger partial charge in [0.25, 0.3) is 0 Å². The van der Waals surface area contributed by atoms with Crippen LogP contribution in [0.3, 0.4) is 0 Å². The van der Waals surface area contributed by atoms with Gasteiger partial charge >= 0.3 is 8.56 Å². The topological polar surface area (TPSA) is 36.9 Å². The fraction of sp³-hybridized carbons (Fsp3) is 0.333. The van der Waals surface area contributed by atoms with Crippen LogP contribution in [0.4, 0.5) is 0 Å². The van der Waals surface area contributed by atoms with Gasteiger partial charge in [0, 0.05) is 14.2 Å². The highest BCUT2D eigenvalue weighted by Gasteiger charge is 2.42.